The first-order chi connectivity index (χ1) is 8.37. The number of halogens is 1. The number of alkyl halides is 1. The van der Waals surface area contributed by atoms with E-state index >= 15 is 0 Å². The fraction of sp³-hybridized carbons (Fsp3) is 0.417. The summed E-state index contributed by atoms with van der Waals surface area (Å²) in [5.41, 5.74) is 2.07. The standard InChI is InChI=1S/C12H14ClNO3S/c1-18(16,17)7-11(15)14-12-9-5-3-2-4-8(9)6-10(12)13/h2-5,10,12H,6-7H2,1H3,(H,14,15). The molecular formula is C12H14ClNO3S. The van der Waals surface area contributed by atoms with E-state index in [0.717, 1.165) is 17.4 Å². The van der Waals surface area contributed by atoms with Crippen molar-refractivity contribution in [3.8, 4) is 0 Å². The van der Waals surface area contributed by atoms with Crippen LogP contribution < -0.4 is 5.32 Å². The van der Waals surface area contributed by atoms with E-state index in [1.807, 2.05) is 24.3 Å². The second kappa shape index (κ2) is 4.90. The molecule has 1 aliphatic carbocycles. The number of amides is 1. The fourth-order valence-electron chi connectivity index (χ4n) is 2.17. The first kappa shape index (κ1) is 13.4. The largest absolute Gasteiger partial charge is 0.347 e. The van der Waals surface area contributed by atoms with Crippen LogP contribution in [0.2, 0.25) is 0 Å². The third-order valence-corrected chi connectivity index (χ3v) is 4.07. The summed E-state index contributed by atoms with van der Waals surface area (Å²) in [5.74, 6) is -1.01. The van der Waals surface area contributed by atoms with Crippen LogP contribution >= 0.6 is 11.6 Å². The summed E-state index contributed by atoms with van der Waals surface area (Å²) < 4.78 is 22.1. The minimum atomic E-state index is -3.31. The molecule has 0 aromatic heterocycles. The van der Waals surface area contributed by atoms with Crippen LogP contribution in [0.5, 0.6) is 0 Å². The molecule has 1 aromatic carbocycles. The van der Waals surface area contributed by atoms with Gasteiger partial charge in [-0.1, -0.05) is 24.3 Å². The van der Waals surface area contributed by atoms with Crippen molar-refractivity contribution >= 4 is 27.3 Å². The molecule has 18 heavy (non-hydrogen) atoms. The van der Waals surface area contributed by atoms with Gasteiger partial charge in [-0.05, 0) is 17.5 Å². The third kappa shape index (κ3) is 3.03. The molecule has 1 aliphatic rings. The lowest BCUT2D eigenvalue weighted by molar-refractivity contribution is -0.119. The van der Waals surface area contributed by atoms with Crippen molar-refractivity contribution in [3.63, 3.8) is 0 Å². The van der Waals surface area contributed by atoms with E-state index in [9.17, 15) is 13.2 Å². The predicted octanol–water partition coefficient (Wildman–Crippen LogP) is 1.05. The van der Waals surface area contributed by atoms with Crippen LogP contribution in [0.1, 0.15) is 17.2 Å². The highest BCUT2D eigenvalue weighted by Gasteiger charge is 2.32. The zero-order valence-corrected chi connectivity index (χ0v) is 11.5. The molecule has 0 bridgehead atoms. The number of fused-ring (bicyclic) bond motifs is 1. The molecule has 0 saturated carbocycles. The summed E-state index contributed by atoms with van der Waals surface area (Å²) in [6.45, 7) is 0. The summed E-state index contributed by atoms with van der Waals surface area (Å²) in [4.78, 5) is 11.6. The highest BCUT2D eigenvalue weighted by molar-refractivity contribution is 7.91. The Labute approximate surface area is 111 Å². The van der Waals surface area contributed by atoms with E-state index in [0.29, 0.717) is 6.42 Å². The van der Waals surface area contributed by atoms with Crippen LogP contribution in [0.3, 0.4) is 0 Å². The number of sulfone groups is 1. The smallest absolute Gasteiger partial charge is 0.235 e. The minimum Gasteiger partial charge on any atom is -0.347 e. The Bertz CT molecular complexity index is 570. The zero-order chi connectivity index (χ0) is 13.3. The SMILES string of the molecule is CS(=O)(=O)CC(=O)NC1c2ccccc2CC1Cl. The molecule has 0 fully saturated rings. The van der Waals surface area contributed by atoms with Gasteiger partial charge in [-0.2, -0.15) is 0 Å². The van der Waals surface area contributed by atoms with E-state index in [1.54, 1.807) is 0 Å². The normalized spacial score (nSPS) is 22.6. The number of carbonyl (C=O) groups excluding carboxylic acids is 1. The second-order valence-electron chi connectivity index (χ2n) is 4.53. The molecule has 2 atom stereocenters. The molecule has 6 heteroatoms. The van der Waals surface area contributed by atoms with Gasteiger partial charge in [0.1, 0.15) is 5.75 Å². The van der Waals surface area contributed by atoms with Crippen molar-refractivity contribution in [1.29, 1.82) is 0 Å². The van der Waals surface area contributed by atoms with Gasteiger partial charge in [-0.25, -0.2) is 8.42 Å². The molecule has 98 valence electrons. The van der Waals surface area contributed by atoms with Crippen LogP contribution in [0, 0.1) is 0 Å². The summed E-state index contributed by atoms with van der Waals surface area (Å²) >= 11 is 6.19. The maximum atomic E-state index is 11.6. The quantitative estimate of drug-likeness (QED) is 0.845. The zero-order valence-electron chi connectivity index (χ0n) is 9.89. The predicted molar refractivity (Wildman–Crippen MR) is 70.4 cm³/mol. The first-order valence-electron chi connectivity index (χ1n) is 5.56. The van der Waals surface area contributed by atoms with Gasteiger partial charge in [0, 0.05) is 6.26 Å². The molecule has 0 aliphatic heterocycles. The minimum absolute atomic E-state index is 0.231. The summed E-state index contributed by atoms with van der Waals surface area (Å²) in [5, 5.41) is 2.46. The molecule has 0 spiro atoms. The Balaban J connectivity index is 2.13. The van der Waals surface area contributed by atoms with E-state index in [-0.39, 0.29) is 11.4 Å². The molecule has 1 N–H and O–H groups in total. The maximum Gasteiger partial charge on any atom is 0.235 e. The molecular weight excluding hydrogens is 274 g/mol. The highest BCUT2D eigenvalue weighted by atomic mass is 35.5. The topological polar surface area (TPSA) is 63.2 Å². The van der Waals surface area contributed by atoms with Crippen LogP contribution in [0.4, 0.5) is 0 Å². The number of hydrogen-bond acceptors (Lipinski definition) is 3. The van der Waals surface area contributed by atoms with Crippen LogP contribution in [0.25, 0.3) is 0 Å². The molecule has 0 saturated heterocycles. The molecule has 2 unspecified atom stereocenters. The second-order valence-corrected chi connectivity index (χ2v) is 7.23. The molecule has 4 nitrogen and oxygen atoms in total. The summed E-state index contributed by atoms with van der Waals surface area (Å²) in [7, 11) is -3.31. The number of benzene rings is 1. The van der Waals surface area contributed by atoms with Gasteiger partial charge in [0.2, 0.25) is 5.91 Å². The van der Waals surface area contributed by atoms with E-state index in [1.165, 1.54) is 0 Å². The molecule has 1 amide bonds. The number of carbonyl (C=O) groups is 1. The van der Waals surface area contributed by atoms with E-state index in [2.05, 4.69) is 5.32 Å². The lowest BCUT2D eigenvalue weighted by Crippen LogP contribution is -2.35. The van der Waals surface area contributed by atoms with Crippen molar-refractivity contribution in [2.75, 3.05) is 12.0 Å². The average Bonchev–Trinajstić information content (AvgIpc) is 2.53. The van der Waals surface area contributed by atoms with Crippen molar-refractivity contribution in [1.82, 2.24) is 5.32 Å². The maximum absolute atomic E-state index is 11.6. The Morgan fingerprint density at radius 2 is 2.11 bits per heavy atom. The van der Waals surface area contributed by atoms with E-state index in [4.69, 9.17) is 11.6 Å². The van der Waals surface area contributed by atoms with Crippen LogP contribution in [-0.2, 0) is 21.1 Å². The van der Waals surface area contributed by atoms with Gasteiger partial charge in [0.05, 0.1) is 11.4 Å². The number of nitrogens with one attached hydrogen (secondary N) is 1. The Kier molecular flexibility index (Phi) is 3.64. The fourth-order valence-corrected chi connectivity index (χ4v) is 3.09. The average molecular weight is 288 g/mol. The Morgan fingerprint density at radius 1 is 1.44 bits per heavy atom. The molecule has 2 rings (SSSR count). The lowest BCUT2D eigenvalue weighted by Gasteiger charge is -2.17. The summed E-state index contributed by atoms with van der Waals surface area (Å²) in [6.07, 6.45) is 1.72. The van der Waals surface area contributed by atoms with E-state index < -0.39 is 21.5 Å². The van der Waals surface area contributed by atoms with Gasteiger partial charge >= 0.3 is 0 Å². The number of hydrogen-bond donors (Lipinski definition) is 1. The van der Waals surface area contributed by atoms with Crippen molar-refractivity contribution in [2.45, 2.75) is 17.8 Å². The van der Waals surface area contributed by atoms with Crippen molar-refractivity contribution in [2.24, 2.45) is 0 Å². The first-order valence-corrected chi connectivity index (χ1v) is 8.05. The highest BCUT2D eigenvalue weighted by Crippen LogP contribution is 2.34. The van der Waals surface area contributed by atoms with Gasteiger partial charge in [0.25, 0.3) is 0 Å². The Hall–Kier alpha value is -1.07. The third-order valence-electron chi connectivity index (χ3n) is 2.88. The summed E-state index contributed by atoms with van der Waals surface area (Å²) in [6, 6.07) is 7.36. The molecule has 1 aromatic rings. The molecule has 0 radical (unpaired) electrons. The van der Waals surface area contributed by atoms with Crippen molar-refractivity contribution < 1.29 is 13.2 Å². The lowest BCUT2D eigenvalue weighted by atomic mass is 10.1. The van der Waals surface area contributed by atoms with Crippen LogP contribution in [-0.4, -0.2) is 31.7 Å². The van der Waals surface area contributed by atoms with Gasteiger partial charge in [0.15, 0.2) is 9.84 Å². The van der Waals surface area contributed by atoms with Gasteiger partial charge < -0.3 is 5.32 Å². The van der Waals surface area contributed by atoms with Gasteiger partial charge in [-0.3, -0.25) is 4.79 Å². The molecule has 0 heterocycles. The van der Waals surface area contributed by atoms with Gasteiger partial charge in [-0.15, -0.1) is 11.6 Å². The monoisotopic (exact) mass is 287 g/mol. The van der Waals surface area contributed by atoms with Crippen LogP contribution in [0.15, 0.2) is 24.3 Å². The Morgan fingerprint density at radius 3 is 2.78 bits per heavy atom. The number of rotatable bonds is 3. The van der Waals surface area contributed by atoms with Crippen molar-refractivity contribution in [3.05, 3.63) is 35.4 Å².